The quantitative estimate of drug-likeness (QED) is 0.890. The molecule has 1 atom stereocenters. The second-order valence-electron chi connectivity index (χ2n) is 6.00. The molecule has 0 radical (unpaired) electrons. The van der Waals surface area contributed by atoms with Crippen LogP contribution < -0.4 is 10.6 Å². The highest BCUT2D eigenvalue weighted by atomic mass is 19.2. The molecule has 5 heteroatoms. The van der Waals surface area contributed by atoms with Gasteiger partial charge < -0.3 is 10.6 Å². The summed E-state index contributed by atoms with van der Waals surface area (Å²) in [5.74, 6) is -1.97. The van der Waals surface area contributed by atoms with Crippen LogP contribution in [0.25, 0.3) is 0 Å². The number of piperidine rings is 1. The van der Waals surface area contributed by atoms with Gasteiger partial charge in [0.2, 0.25) is 5.91 Å². The van der Waals surface area contributed by atoms with Crippen molar-refractivity contribution in [3.8, 4) is 0 Å². The third kappa shape index (κ3) is 3.54. The number of amides is 1. The van der Waals surface area contributed by atoms with E-state index in [-0.39, 0.29) is 23.8 Å². The summed E-state index contributed by atoms with van der Waals surface area (Å²) < 4.78 is 25.9. The van der Waals surface area contributed by atoms with Crippen LogP contribution in [-0.4, -0.2) is 25.0 Å². The van der Waals surface area contributed by atoms with Gasteiger partial charge in [-0.25, -0.2) is 8.78 Å². The van der Waals surface area contributed by atoms with Crippen molar-refractivity contribution in [2.75, 3.05) is 13.1 Å². The van der Waals surface area contributed by atoms with Crippen LogP contribution in [0.4, 0.5) is 8.78 Å². The molecular weight excluding hydrogens is 262 g/mol. The SMILES string of the molecule is CC1(C)CNCCC1NC(=O)Cc1ccc(F)c(F)c1. The molecule has 0 aliphatic carbocycles. The van der Waals surface area contributed by atoms with E-state index < -0.39 is 11.6 Å². The highest BCUT2D eigenvalue weighted by molar-refractivity contribution is 5.79. The number of halogens is 2. The van der Waals surface area contributed by atoms with Crippen LogP contribution in [0.1, 0.15) is 25.8 Å². The van der Waals surface area contributed by atoms with Crippen molar-refractivity contribution in [3.63, 3.8) is 0 Å². The molecule has 1 aromatic rings. The summed E-state index contributed by atoms with van der Waals surface area (Å²) in [6.07, 6.45) is 0.938. The zero-order chi connectivity index (χ0) is 14.8. The van der Waals surface area contributed by atoms with Crippen molar-refractivity contribution < 1.29 is 13.6 Å². The molecule has 1 aliphatic heterocycles. The molecule has 1 aliphatic rings. The van der Waals surface area contributed by atoms with E-state index in [9.17, 15) is 13.6 Å². The number of hydrogen-bond donors (Lipinski definition) is 2. The molecule has 0 aromatic heterocycles. The molecule has 2 rings (SSSR count). The maximum absolute atomic E-state index is 13.1. The molecule has 1 saturated heterocycles. The van der Waals surface area contributed by atoms with E-state index in [1.807, 2.05) is 0 Å². The van der Waals surface area contributed by atoms with Gasteiger partial charge >= 0.3 is 0 Å². The van der Waals surface area contributed by atoms with E-state index in [2.05, 4.69) is 24.5 Å². The fraction of sp³-hybridized carbons (Fsp3) is 0.533. The van der Waals surface area contributed by atoms with Gasteiger partial charge in [-0.1, -0.05) is 19.9 Å². The van der Waals surface area contributed by atoms with E-state index in [1.54, 1.807) is 0 Å². The summed E-state index contributed by atoms with van der Waals surface area (Å²) in [6, 6.07) is 3.65. The molecule has 1 amide bonds. The molecule has 1 fully saturated rings. The van der Waals surface area contributed by atoms with Gasteiger partial charge in [0.1, 0.15) is 0 Å². The van der Waals surface area contributed by atoms with Gasteiger partial charge in [0, 0.05) is 12.6 Å². The van der Waals surface area contributed by atoms with Crippen LogP contribution in [0.3, 0.4) is 0 Å². The maximum Gasteiger partial charge on any atom is 0.224 e. The van der Waals surface area contributed by atoms with E-state index >= 15 is 0 Å². The smallest absolute Gasteiger partial charge is 0.224 e. The number of nitrogens with one attached hydrogen (secondary N) is 2. The molecule has 1 aromatic carbocycles. The Kier molecular flexibility index (Phi) is 4.38. The lowest BCUT2D eigenvalue weighted by molar-refractivity contribution is -0.122. The van der Waals surface area contributed by atoms with Crippen molar-refractivity contribution in [1.82, 2.24) is 10.6 Å². The van der Waals surface area contributed by atoms with Crippen molar-refractivity contribution in [2.45, 2.75) is 32.7 Å². The largest absolute Gasteiger partial charge is 0.352 e. The third-order valence-corrected chi connectivity index (χ3v) is 3.82. The van der Waals surface area contributed by atoms with E-state index in [0.717, 1.165) is 31.6 Å². The predicted octanol–water partition coefficient (Wildman–Crippen LogP) is 2.01. The van der Waals surface area contributed by atoms with Crippen LogP contribution in [0.2, 0.25) is 0 Å². The van der Waals surface area contributed by atoms with Gasteiger partial charge in [0.25, 0.3) is 0 Å². The zero-order valence-electron chi connectivity index (χ0n) is 11.8. The molecule has 0 bridgehead atoms. The fourth-order valence-electron chi connectivity index (χ4n) is 2.52. The average Bonchev–Trinajstić information content (AvgIpc) is 2.36. The van der Waals surface area contributed by atoms with E-state index in [1.165, 1.54) is 6.07 Å². The van der Waals surface area contributed by atoms with Crippen molar-refractivity contribution in [1.29, 1.82) is 0 Å². The highest BCUT2D eigenvalue weighted by Crippen LogP contribution is 2.25. The van der Waals surface area contributed by atoms with E-state index in [0.29, 0.717) is 5.56 Å². The van der Waals surface area contributed by atoms with Gasteiger partial charge in [-0.05, 0) is 36.1 Å². The first-order chi connectivity index (χ1) is 9.38. The van der Waals surface area contributed by atoms with E-state index in [4.69, 9.17) is 0 Å². The molecule has 20 heavy (non-hydrogen) atoms. The Morgan fingerprint density at radius 1 is 1.40 bits per heavy atom. The Morgan fingerprint density at radius 3 is 2.80 bits per heavy atom. The number of benzene rings is 1. The molecule has 3 nitrogen and oxygen atoms in total. The number of carbonyl (C=O) groups excluding carboxylic acids is 1. The van der Waals surface area contributed by atoms with Crippen molar-refractivity contribution in [3.05, 3.63) is 35.4 Å². The second-order valence-corrected chi connectivity index (χ2v) is 6.00. The Labute approximate surface area is 117 Å². The van der Waals surface area contributed by atoms with Crippen molar-refractivity contribution in [2.24, 2.45) is 5.41 Å². The first kappa shape index (κ1) is 14.9. The van der Waals surface area contributed by atoms with Gasteiger partial charge in [0.05, 0.1) is 6.42 Å². The van der Waals surface area contributed by atoms with Crippen LogP contribution >= 0.6 is 0 Å². The lowest BCUT2D eigenvalue weighted by Crippen LogP contribution is -2.54. The fourth-order valence-corrected chi connectivity index (χ4v) is 2.52. The Hall–Kier alpha value is -1.49. The molecule has 0 saturated carbocycles. The van der Waals surface area contributed by atoms with Crippen LogP contribution in [0, 0.1) is 17.0 Å². The molecule has 1 heterocycles. The maximum atomic E-state index is 13.1. The summed E-state index contributed by atoms with van der Waals surface area (Å²) in [4.78, 5) is 12.0. The number of hydrogen-bond acceptors (Lipinski definition) is 2. The predicted molar refractivity (Wildman–Crippen MR) is 73.3 cm³/mol. The minimum absolute atomic E-state index is 0.0119. The van der Waals surface area contributed by atoms with Gasteiger partial charge in [-0.3, -0.25) is 4.79 Å². The molecule has 110 valence electrons. The lowest BCUT2D eigenvalue weighted by Gasteiger charge is -2.39. The molecule has 1 unspecified atom stereocenters. The number of carbonyl (C=O) groups is 1. The van der Waals surface area contributed by atoms with Crippen molar-refractivity contribution >= 4 is 5.91 Å². The summed E-state index contributed by atoms with van der Waals surface area (Å²) in [6.45, 7) is 5.92. The van der Waals surface area contributed by atoms with Crippen LogP contribution in [-0.2, 0) is 11.2 Å². The van der Waals surface area contributed by atoms with Gasteiger partial charge in [0.15, 0.2) is 11.6 Å². The summed E-state index contributed by atoms with van der Waals surface area (Å²) >= 11 is 0. The standard InChI is InChI=1S/C15H20F2N2O/c1-15(2)9-18-6-5-13(15)19-14(20)8-10-3-4-11(16)12(17)7-10/h3-4,7,13,18H,5-6,8-9H2,1-2H3,(H,19,20). The normalized spacial score (nSPS) is 21.5. The summed E-state index contributed by atoms with van der Waals surface area (Å²) in [5.41, 5.74) is 0.468. The highest BCUT2D eigenvalue weighted by Gasteiger charge is 2.33. The Bertz CT molecular complexity index is 503. The minimum Gasteiger partial charge on any atom is -0.352 e. The molecule has 0 spiro atoms. The average molecular weight is 282 g/mol. The first-order valence-corrected chi connectivity index (χ1v) is 6.82. The van der Waals surface area contributed by atoms with Gasteiger partial charge in [-0.15, -0.1) is 0 Å². The zero-order valence-corrected chi connectivity index (χ0v) is 11.8. The Morgan fingerprint density at radius 2 is 2.15 bits per heavy atom. The van der Waals surface area contributed by atoms with Crippen LogP contribution in [0.15, 0.2) is 18.2 Å². The van der Waals surface area contributed by atoms with Crippen LogP contribution in [0.5, 0.6) is 0 Å². The lowest BCUT2D eigenvalue weighted by atomic mass is 9.80. The summed E-state index contributed by atoms with van der Waals surface area (Å²) in [7, 11) is 0. The van der Waals surface area contributed by atoms with Gasteiger partial charge in [-0.2, -0.15) is 0 Å². The minimum atomic E-state index is -0.919. The monoisotopic (exact) mass is 282 g/mol. The summed E-state index contributed by atoms with van der Waals surface area (Å²) in [5, 5.41) is 6.30. The Balaban J connectivity index is 1.96. The number of rotatable bonds is 3. The first-order valence-electron chi connectivity index (χ1n) is 6.82. The second kappa shape index (κ2) is 5.87. The third-order valence-electron chi connectivity index (χ3n) is 3.82. The molecular formula is C15H20F2N2O. The molecule has 2 N–H and O–H groups in total. The topological polar surface area (TPSA) is 41.1 Å².